The number of halogens is 1. The Kier molecular flexibility index (Phi) is 4.09. The molecule has 1 aromatic carbocycles. The van der Waals surface area contributed by atoms with Gasteiger partial charge in [-0.15, -0.1) is 0 Å². The molecule has 1 unspecified atom stereocenters. The maximum atomic E-state index is 7.07. The number of rotatable bonds is 3. The summed E-state index contributed by atoms with van der Waals surface area (Å²) in [5, 5.41) is 0.406. The third kappa shape index (κ3) is 3.19. The highest BCUT2D eigenvalue weighted by atomic mass is 35.7. The van der Waals surface area contributed by atoms with Crippen LogP contribution in [0.4, 0.5) is 0 Å². The zero-order valence-electron chi connectivity index (χ0n) is 14.8. The molecular formula is C19H31ClS. The average Bonchev–Trinajstić information content (AvgIpc) is 2.61. The molecule has 0 radical (unpaired) electrons. The Bertz CT molecular complexity index is 591. The summed E-state index contributed by atoms with van der Waals surface area (Å²) in [6.45, 7) is 11.4. The van der Waals surface area contributed by atoms with Gasteiger partial charge in [-0.2, -0.15) is 0 Å². The van der Waals surface area contributed by atoms with E-state index in [0.29, 0.717) is 17.1 Å². The molecule has 1 aliphatic carbocycles. The molecule has 0 aromatic heterocycles. The fourth-order valence-corrected chi connectivity index (χ4v) is 7.02. The van der Waals surface area contributed by atoms with Gasteiger partial charge in [0.1, 0.15) is 0 Å². The number of thiol groups is 1. The van der Waals surface area contributed by atoms with Gasteiger partial charge in [0.25, 0.3) is 0 Å². The van der Waals surface area contributed by atoms with Crippen LogP contribution in [0, 0.1) is 0 Å². The van der Waals surface area contributed by atoms with Gasteiger partial charge in [-0.05, 0) is 59.8 Å². The Morgan fingerprint density at radius 1 is 1.00 bits per heavy atom. The van der Waals surface area contributed by atoms with Crippen molar-refractivity contribution >= 4 is 25.1 Å². The number of benzene rings is 1. The fourth-order valence-electron chi connectivity index (χ4n) is 3.64. The predicted octanol–water partition coefficient (Wildman–Crippen LogP) is 6.51. The van der Waals surface area contributed by atoms with E-state index in [1.807, 2.05) is 0 Å². The van der Waals surface area contributed by atoms with Gasteiger partial charge in [-0.1, -0.05) is 62.2 Å². The van der Waals surface area contributed by atoms with E-state index < -0.39 is 8.37 Å². The number of fused-ring (bicyclic) bond motifs is 1. The first kappa shape index (κ1) is 17.0. The molecule has 0 saturated carbocycles. The summed E-state index contributed by atoms with van der Waals surface area (Å²) in [5.74, 6) is 1.11. The third-order valence-electron chi connectivity index (χ3n) is 4.53. The minimum absolute atomic E-state index is 0.406. The topological polar surface area (TPSA) is 0 Å². The normalized spacial score (nSPS) is 20.4. The Morgan fingerprint density at radius 2 is 1.57 bits per heavy atom. The minimum atomic E-state index is -2.22. The highest BCUT2D eigenvalue weighted by Crippen LogP contribution is 2.78. The van der Waals surface area contributed by atoms with Crippen molar-refractivity contribution in [3.63, 3.8) is 0 Å². The standard InChI is InChI=1S/C19H31ClS/c1-12(2)15-10-16(13(3)4)17-9-14(5)19(18(17)11-15)21(6,7,8)20/h9-13,19,21H,1-8H3. The summed E-state index contributed by atoms with van der Waals surface area (Å²) >= 11 is 0. The summed E-state index contributed by atoms with van der Waals surface area (Å²) in [5.41, 5.74) is 7.28. The first-order chi connectivity index (χ1) is 9.38. The molecule has 1 aromatic rings. The van der Waals surface area contributed by atoms with Gasteiger partial charge < -0.3 is 0 Å². The van der Waals surface area contributed by atoms with Gasteiger partial charge >= 0.3 is 0 Å². The van der Waals surface area contributed by atoms with Crippen molar-refractivity contribution in [3.8, 4) is 0 Å². The first-order valence-corrected chi connectivity index (χ1v) is 12.5. The van der Waals surface area contributed by atoms with E-state index in [0.717, 1.165) is 0 Å². The molecule has 0 aliphatic heterocycles. The summed E-state index contributed by atoms with van der Waals surface area (Å²) in [6, 6.07) is 4.83. The van der Waals surface area contributed by atoms with E-state index in [9.17, 15) is 0 Å². The molecule has 0 bridgehead atoms. The van der Waals surface area contributed by atoms with E-state index in [1.165, 1.54) is 27.8 Å². The smallest absolute Gasteiger partial charge is 0.0328 e. The lowest BCUT2D eigenvalue weighted by molar-refractivity contribution is 0.827. The summed E-state index contributed by atoms with van der Waals surface area (Å²) < 4.78 is 0. The second-order valence-electron chi connectivity index (χ2n) is 8.43. The van der Waals surface area contributed by atoms with Gasteiger partial charge in [0, 0.05) is 5.25 Å². The number of hydrogen-bond donors (Lipinski definition) is 1. The fraction of sp³-hybridized carbons (Fsp3) is 0.579. The Morgan fingerprint density at radius 3 is 2.00 bits per heavy atom. The Hall–Kier alpha value is -0.400. The van der Waals surface area contributed by atoms with Gasteiger partial charge in [0.2, 0.25) is 0 Å². The van der Waals surface area contributed by atoms with Crippen LogP contribution in [-0.4, -0.2) is 18.8 Å². The quantitative estimate of drug-likeness (QED) is 0.601. The van der Waals surface area contributed by atoms with E-state index in [-0.39, 0.29) is 0 Å². The van der Waals surface area contributed by atoms with Crippen molar-refractivity contribution in [3.05, 3.63) is 40.0 Å². The first-order valence-electron chi connectivity index (χ1n) is 7.97. The van der Waals surface area contributed by atoms with E-state index in [2.05, 4.69) is 71.6 Å². The highest BCUT2D eigenvalue weighted by Gasteiger charge is 2.40. The summed E-state index contributed by atoms with van der Waals surface area (Å²) in [6.07, 6.45) is 9.23. The SMILES string of the molecule is CC1=Cc2c(C(C)C)cc(C(C)C)cc2C1[SH](C)(C)(C)Cl. The second kappa shape index (κ2) is 5.06. The lowest BCUT2D eigenvalue weighted by atomic mass is 9.89. The van der Waals surface area contributed by atoms with Crippen LogP contribution in [-0.2, 0) is 0 Å². The lowest BCUT2D eigenvalue weighted by Crippen LogP contribution is -2.16. The molecule has 0 heterocycles. The van der Waals surface area contributed by atoms with E-state index >= 15 is 0 Å². The molecule has 0 amide bonds. The lowest BCUT2D eigenvalue weighted by Gasteiger charge is -2.51. The molecule has 1 aliphatic rings. The minimum Gasteiger partial charge on any atom is -0.221 e. The van der Waals surface area contributed by atoms with Gasteiger partial charge in [0.05, 0.1) is 0 Å². The number of hydrogen-bond acceptors (Lipinski definition) is 0. The van der Waals surface area contributed by atoms with Crippen LogP contribution in [0.2, 0.25) is 0 Å². The van der Waals surface area contributed by atoms with Gasteiger partial charge in [-0.25, -0.2) is 8.37 Å². The van der Waals surface area contributed by atoms with Crippen LogP contribution < -0.4 is 0 Å². The van der Waals surface area contributed by atoms with Gasteiger partial charge in [0.15, 0.2) is 0 Å². The van der Waals surface area contributed by atoms with Gasteiger partial charge in [-0.3, -0.25) is 0 Å². The largest absolute Gasteiger partial charge is 0.221 e. The van der Waals surface area contributed by atoms with Crippen LogP contribution in [0.1, 0.15) is 74.0 Å². The monoisotopic (exact) mass is 326 g/mol. The molecule has 0 fully saturated rings. The van der Waals surface area contributed by atoms with Crippen LogP contribution in [0.5, 0.6) is 0 Å². The second-order valence-corrected chi connectivity index (χ2v) is 18.0. The molecule has 2 heteroatoms. The molecule has 0 nitrogen and oxygen atoms in total. The molecule has 1 atom stereocenters. The maximum absolute atomic E-state index is 7.07. The average molecular weight is 327 g/mol. The van der Waals surface area contributed by atoms with E-state index in [1.54, 1.807) is 0 Å². The van der Waals surface area contributed by atoms with E-state index in [4.69, 9.17) is 10.7 Å². The highest BCUT2D eigenvalue weighted by molar-refractivity contribution is 8.64. The third-order valence-corrected chi connectivity index (χ3v) is 7.54. The van der Waals surface area contributed by atoms with Crippen molar-refractivity contribution in [1.82, 2.24) is 0 Å². The molecule has 0 N–H and O–H groups in total. The van der Waals surface area contributed by atoms with Crippen molar-refractivity contribution in [1.29, 1.82) is 0 Å². The Balaban J connectivity index is 2.74. The van der Waals surface area contributed by atoms with Crippen molar-refractivity contribution in [2.75, 3.05) is 18.8 Å². The van der Waals surface area contributed by atoms with Crippen LogP contribution in [0.3, 0.4) is 0 Å². The van der Waals surface area contributed by atoms with Crippen molar-refractivity contribution < 1.29 is 0 Å². The molecule has 0 saturated heterocycles. The molecule has 21 heavy (non-hydrogen) atoms. The molecular weight excluding hydrogens is 296 g/mol. The van der Waals surface area contributed by atoms with Crippen molar-refractivity contribution in [2.24, 2.45) is 0 Å². The maximum Gasteiger partial charge on any atom is 0.0328 e. The van der Waals surface area contributed by atoms with Crippen LogP contribution in [0.15, 0.2) is 17.7 Å². The molecule has 2 rings (SSSR count). The predicted molar refractivity (Wildman–Crippen MR) is 104 cm³/mol. The summed E-state index contributed by atoms with van der Waals surface area (Å²) in [4.78, 5) is 0. The summed E-state index contributed by atoms with van der Waals surface area (Å²) in [7, 11) is 4.85. The Labute approximate surface area is 135 Å². The molecule has 0 spiro atoms. The zero-order chi connectivity index (χ0) is 16.2. The van der Waals surface area contributed by atoms with Crippen LogP contribution >= 0.6 is 19.1 Å². The van der Waals surface area contributed by atoms with Crippen molar-refractivity contribution in [2.45, 2.75) is 51.7 Å². The van der Waals surface area contributed by atoms with Crippen LogP contribution in [0.25, 0.3) is 6.08 Å². The zero-order valence-corrected chi connectivity index (χ0v) is 16.4. The molecule has 120 valence electrons.